The molecule has 1 unspecified atom stereocenters. The first kappa shape index (κ1) is 19.3. The average Bonchev–Trinajstić information content (AvgIpc) is 3.15. The predicted molar refractivity (Wildman–Crippen MR) is 104 cm³/mol. The van der Waals surface area contributed by atoms with Crippen molar-refractivity contribution >= 4 is 40.1 Å². The van der Waals surface area contributed by atoms with Crippen molar-refractivity contribution in [1.29, 1.82) is 0 Å². The van der Waals surface area contributed by atoms with Crippen LogP contribution in [0, 0.1) is 5.92 Å². The lowest BCUT2D eigenvalue weighted by atomic mass is 9.97. The minimum atomic E-state index is -1.62. The van der Waals surface area contributed by atoms with Crippen LogP contribution in [-0.4, -0.2) is 39.4 Å². The molecule has 0 saturated heterocycles. The minimum Gasteiger partial charge on any atom is -0.370 e. The van der Waals surface area contributed by atoms with Crippen molar-refractivity contribution in [2.45, 2.75) is 38.0 Å². The van der Waals surface area contributed by atoms with Crippen molar-refractivity contribution in [3.63, 3.8) is 0 Å². The fraction of sp³-hybridized carbons (Fsp3) is 0.389. The number of carbonyl (C=O) groups excluding carboxylic acids is 1. The number of guanidine groups is 1. The molecule has 1 aromatic carbocycles. The van der Waals surface area contributed by atoms with Crippen LogP contribution in [0.2, 0.25) is 5.02 Å². The van der Waals surface area contributed by atoms with E-state index in [1.54, 1.807) is 18.2 Å². The monoisotopic (exact) mass is 391 g/mol. The van der Waals surface area contributed by atoms with Gasteiger partial charge < -0.3 is 27.0 Å². The quantitative estimate of drug-likeness (QED) is 0.295. The summed E-state index contributed by atoms with van der Waals surface area (Å²) in [5.41, 5.74) is 11.2. The van der Waals surface area contributed by atoms with Crippen LogP contribution in [0.4, 0.5) is 5.82 Å². The summed E-state index contributed by atoms with van der Waals surface area (Å²) >= 11 is 6.17. The van der Waals surface area contributed by atoms with E-state index in [0.717, 1.165) is 25.7 Å². The zero-order chi connectivity index (χ0) is 19.6. The number of halogens is 1. The maximum atomic E-state index is 12.7. The second-order valence-corrected chi connectivity index (χ2v) is 7.09. The normalized spacial score (nSPS) is 15.9. The zero-order valence-corrected chi connectivity index (χ0v) is 15.4. The third-order valence-electron chi connectivity index (χ3n) is 4.84. The van der Waals surface area contributed by atoms with Gasteiger partial charge in [0.15, 0.2) is 18.1 Å². The van der Waals surface area contributed by atoms with Gasteiger partial charge in [-0.2, -0.15) is 4.99 Å². The van der Waals surface area contributed by atoms with Gasteiger partial charge >= 0.3 is 0 Å². The van der Waals surface area contributed by atoms with Crippen LogP contribution < -0.4 is 16.8 Å². The van der Waals surface area contributed by atoms with Crippen LogP contribution in [0.1, 0.15) is 36.0 Å². The molecule has 9 heteroatoms. The SMILES string of the molecule is NC(N)=Nc1ncc(Cl)c2ccc(C(=O)NC(C(O)O)C3CCCC3)cc12. The van der Waals surface area contributed by atoms with Crippen molar-refractivity contribution in [2.24, 2.45) is 22.4 Å². The Hall–Kier alpha value is -2.42. The van der Waals surface area contributed by atoms with Crippen molar-refractivity contribution in [3.05, 3.63) is 35.0 Å². The topological polar surface area (TPSA) is 147 Å². The van der Waals surface area contributed by atoms with Crippen molar-refractivity contribution in [1.82, 2.24) is 10.3 Å². The Morgan fingerprint density at radius 2 is 1.96 bits per heavy atom. The highest BCUT2D eigenvalue weighted by molar-refractivity contribution is 6.35. The molecular formula is C18H22ClN5O3. The number of hydrogen-bond acceptors (Lipinski definition) is 5. The molecule has 3 rings (SSSR count). The lowest BCUT2D eigenvalue weighted by Crippen LogP contribution is -2.47. The van der Waals surface area contributed by atoms with E-state index in [1.165, 1.54) is 6.20 Å². The van der Waals surface area contributed by atoms with E-state index in [2.05, 4.69) is 15.3 Å². The maximum Gasteiger partial charge on any atom is 0.251 e. The van der Waals surface area contributed by atoms with Gasteiger partial charge in [0.05, 0.1) is 11.1 Å². The number of benzene rings is 1. The van der Waals surface area contributed by atoms with E-state index >= 15 is 0 Å². The molecule has 0 aliphatic heterocycles. The highest BCUT2D eigenvalue weighted by Gasteiger charge is 2.31. The van der Waals surface area contributed by atoms with Crippen molar-refractivity contribution in [3.8, 4) is 0 Å². The number of aromatic nitrogens is 1. The van der Waals surface area contributed by atoms with E-state index in [9.17, 15) is 15.0 Å². The molecular weight excluding hydrogens is 370 g/mol. The summed E-state index contributed by atoms with van der Waals surface area (Å²) in [5.74, 6) is -0.287. The van der Waals surface area contributed by atoms with Crippen molar-refractivity contribution < 1.29 is 15.0 Å². The molecule has 0 bridgehead atoms. The summed E-state index contributed by atoms with van der Waals surface area (Å²) in [6.45, 7) is 0. The third-order valence-corrected chi connectivity index (χ3v) is 5.14. The van der Waals surface area contributed by atoms with Crippen LogP contribution in [-0.2, 0) is 0 Å². The zero-order valence-electron chi connectivity index (χ0n) is 14.6. The summed E-state index contributed by atoms with van der Waals surface area (Å²) in [7, 11) is 0. The van der Waals surface area contributed by atoms with E-state index in [0.29, 0.717) is 21.4 Å². The van der Waals surface area contributed by atoms with Gasteiger partial charge in [0.1, 0.15) is 0 Å². The van der Waals surface area contributed by atoms with Gasteiger partial charge in [-0.3, -0.25) is 4.79 Å². The number of fused-ring (bicyclic) bond motifs is 1. The lowest BCUT2D eigenvalue weighted by Gasteiger charge is -2.26. The van der Waals surface area contributed by atoms with Gasteiger partial charge in [-0.15, -0.1) is 0 Å². The number of nitrogens with zero attached hydrogens (tertiary/aromatic N) is 2. The first-order valence-electron chi connectivity index (χ1n) is 8.71. The van der Waals surface area contributed by atoms with Crippen LogP contribution >= 0.6 is 11.6 Å². The van der Waals surface area contributed by atoms with Crippen LogP contribution in [0.3, 0.4) is 0 Å². The van der Waals surface area contributed by atoms with Gasteiger partial charge in [0, 0.05) is 22.5 Å². The van der Waals surface area contributed by atoms with Gasteiger partial charge in [-0.25, -0.2) is 4.98 Å². The molecule has 1 amide bonds. The first-order chi connectivity index (χ1) is 12.9. The van der Waals surface area contributed by atoms with Crippen LogP contribution in [0.25, 0.3) is 10.8 Å². The van der Waals surface area contributed by atoms with E-state index in [-0.39, 0.29) is 17.7 Å². The first-order valence-corrected chi connectivity index (χ1v) is 9.09. The Morgan fingerprint density at radius 1 is 1.26 bits per heavy atom. The molecule has 8 nitrogen and oxygen atoms in total. The Morgan fingerprint density at radius 3 is 2.59 bits per heavy atom. The maximum absolute atomic E-state index is 12.7. The Kier molecular flexibility index (Phi) is 5.79. The molecule has 1 aromatic heterocycles. The van der Waals surface area contributed by atoms with Gasteiger partial charge in [-0.05, 0) is 30.9 Å². The molecule has 1 saturated carbocycles. The molecule has 1 atom stereocenters. The third kappa shape index (κ3) is 4.29. The number of aliphatic hydroxyl groups is 2. The molecule has 0 spiro atoms. The second-order valence-electron chi connectivity index (χ2n) is 6.68. The Labute approximate surface area is 161 Å². The smallest absolute Gasteiger partial charge is 0.251 e. The molecule has 27 heavy (non-hydrogen) atoms. The molecule has 7 N–H and O–H groups in total. The van der Waals surface area contributed by atoms with Gasteiger partial charge in [0.25, 0.3) is 5.91 Å². The number of hydrogen-bond donors (Lipinski definition) is 5. The molecule has 1 aliphatic carbocycles. The summed E-state index contributed by atoms with van der Waals surface area (Å²) in [6.07, 6.45) is 3.57. The Balaban J connectivity index is 1.93. The highest BCUT2D eigenvalue weighted by Crippen LogP contribution is 2.31. The Bertz CT molecular complexity index is 877. The number of amides is 1. The van der Waals surface area contributed by atoms with Crippen LogP contribution in [0.15, 0.2) is 29.4 Å². The minimum absolute atomic E-state index is 0.0442. The molecule has 1 heterocycles. The molecule has 1 aliphatic rings. The number of aliphatic hydroxyl groups excluding tert-OH is 1. The fourth-order valence-corrected chi connectivity index (χ4v) is 3.75. The number of rotatable bonds is 5. The van der Waals surface area contributed by atoms with E-state index < -0.39 is 18.2 Å². The van der Waals surface area contributed by atoms with Gasteiger partial charge in [-0.1, -0.05) is 30.5 Å². The molecule has 1 fully saturated rings. The molecule has 144 valence electrons. The largest absolute Gasteiger partial charge is 0.370 e. The number of carbonyl (C=O) groups is 1. The number of nitrogens with two attached hydrogens (primary N) is 2. The highest BCUT2D eigenvalue weighted by atomic mass is 35.5. The fourth-order valence-electron chi connectivity index (χ4n) is 3.53. The number of pyridine rings is 1. The number of nitrogens with one attached hydrogen (secondary N) is 1. The standard InChI is InChI=1S/C18H22ClN5O3/c19-13-8-22-15(24-18(20)21)12-7-10(5-6-11(12)13)16(25)23-14(17(26)27)9-3-1-2-4-9/h5-9,14,17,26-27H,1-4H2,(H,23,25)(H4,20,21,22,24). The predicted octanol–water partition coefficient (Wildman–Crippen LogP) is 1.39. The summed E-state index contributed by atoms with van der Waals surface area (Å²) < 4.78 is 0. The lowest BCUT2D eigenvalue weighted by molar-refractivity contribution is -0.0779. The molecule has 0 radical (unpaired) electrons. The second kappa shape index (κ2) is 8.08. The van der Waals surface area contributed by atoms with E-state index in [4.69, 9.17) is 23.1 Å². The van der Waals surface area contributed by atoms with Crippen LogP contribution in [0.5, 0.6) is 0 Å². The van der Waals surface area contributed by atoms with E-state index in [1.807, 2.05) is 0 Å². The summed E-state index contributed by atoms with van der Waals surface area (Å²) in [6, 6.07) is 4.16. The average molecular weight is 392 g/mol. The van der Waals surface area contributed by atoms with Gasteiger partial charge in [0.2, 0.25) is 0 Å². The number of aliphatic imine (C=N–C) groups is 1. The van der Waals surface area contributed by atoms with Crippen molar-refractivity contribution in [2.75, 3.05) is 0 Å². The molecule has 2 aromatic rings. The summed E-state index contributed by atoms with van der Waals surface area (Å²) in [4.78, 5) is 20.8. The summed E-state index contributed by atoms with van der Waals surface area (Å²) in [5, 5.41) is 23.7.